The van der Waals surface area contributed by atoms with Gasteiger partial charge in [0, 0.05) is 6.54 Å². The van der Waals surface area contributed by atoms with Crippen LogP contribution in [-0.2, 0) is 4.79 Å². The van der Waals surface area contributed by atoms with E-state index in [0.717, 1.165) is 0 Å². The van der Waals surface area contributed by atoms with E-state index in [2.05, 4.69) is 15.0 Å². The van der Waals surface area contributed by atoms with Gasteiger partial charge in [-0.3, -0.25) is 9.69 Å². The smallest absolute Gasteiger partial charge is 0.315 e. The zero-order valence-corrected chi connectivity index (χ0v) is 9.64. The number of hydrogen-bond acceptors (Lipinski definition) is 2. The Morgan fingerprint density at radius 3 is 2.69 bits per heavy atom. The summed E-state index contributed by atoms with van der Waals surface area (Å²) in [6.07, 6.45) is 0. The van der Waals surface area contributed by atoms with Gasteiger partial charge in [0.15, 0.2) is 0 Å². The number of carbonyl (C=O) groups is 2. The lowest BCUT2D eigenvalue weighted by Gasteiger charge is -2.12. The number of hydrogen-bond donors (Lipinski definition) is 0. The molecule has 0 bridgehead atoms. The number of amides is 3. The third-order valence-corrected chi connectivity index (χ3v) is 3.10. The molecule has 0 saturated carbocycles. The van der Waals surface area contributed by atoms with Crippen molar-refractivity contribution in [1.29, 1.82) is 0 Å². The molecule has 1 saturated heterocycles. The standard InChI is InChI=1S/C7H11BrClN2O2/c1-2-10-5-6(12)11(7(10)13)4-3-9-8/h2-5H2,1H3/q+1. The molecule has 0 radical (unpaired) electrons. The van der Waals surface area contributed by atoms with Crippen LogP contribution in [0.1, 0.15) is 6.92 Å². The van der Waals surface area contributed by atoms with E-state index in [1.165, 1.54) is 9.80 Å². The maximum absolute atomic E-state index is 11.5. The highest BCUT2D eigenvalue weighted by molar-refractivity contribution is 9.04. The van der Waals surface area contributed by atoms with Crippen molar-refractivity contribution in [2.24, 2.45) is 0 Å². The van der Waals surface area contributed by atoms with Gasteiger partial charge in [0.05, 0.1) is 6.54 Å². The molecule has 4 nitrogen and oxygen atoms in total. The molecule has 0 N–H and O–H groups in total. The quantitative estimate of drug-likeness (QED) is 0.556. The first kappa shape index (κ1) is 10.8. The highest BCUT2D eigenvalue weighted by Gasteiger charge is 2.35. The number of alkyl halides is 1. The molecular weight excluding hydrogens is 259 g/mol. The molecule has 0 aromatic carbocycles. The summed E-state index contributed by atoms with van der Waals surface area (Å²) in [5, 5.41) is 0. The van der Waals surface area contributed by atoms with Crippen LogP contribution in [0.15, 0.2) is 0 Å². The number of urea groups is 1. The van der Waals surface area contributed by atoms with Crippen LogP contribution < -0.4 is 0 Å². The van der Waals surface area contributed by atoms with E-state index in [0.29, 0.717) is 19.0 Å². The highest BCUT2D eigenvalue weighted by atomic mass is 79.9. The number of carbonyl (C=O) groups excluding carboxylic acids is 2. The van der Waals surface area contributed by atoms with E-state index >= 15 is 0 Å². The van der Waals surface area contributed by atoms with Crippen LogP contribution >= 0.6 is 15.0 Å². The molecule has 1 fully saturated rings. The van der Waals surface area contributed by atoms with Gasteiger partial charge in [-0.2, -0.15) is 0 Å². The van der Waals surface area contributed by atoms with Gasteiger partial charge in [-0.25, -0.2) is 4.79 Å². The average molecular weight is 271 g/mol. The normalized spacial score (nSPS) is 17.4. The van der Waals surface area contributed by atoms with Gasteiger partial charge in [-0.05, 0) is 6.92 Å². The van der Waals surface area contributed by atoms with Crippen molar-refractivity contribution in [2.75, 3.05) is 25.5 Å². The molecule has 0 unspecified atom stereocenters. The first-order valence-corrected chi connectivity index (χ1v) is 6.62. The highest BCUT2D eigenvalue weighted by Crippen LogP contribution is 2.09. The molecule has 0 atom stereocenters. The molecule has 1 heterocycles. The fraction of sp³-hybridized carbons (Fsp3) is 0.714. The second-order valence-corrected chi connectivity index (χ2v) is 4.48. The minimum absolute atomic E-state index is 0.0983. The minimum atomic E-state index is -0.167. The maximum Gasteiger partial charge on any atom is 0.330 e. The molecule has 0 spiro atoms. The van der Waals surface area contributed by atoms with E-state index in [9.17, 15) is 9.59 Å². The Balaban J connectivity index is 2.54. The molecule has 1 aliphatic heterocycles. The molecule has 3 amide bonds. The molecule has 0 aliphatic carbocycles. The van der Waals surface area contributed by atoms with Gasteiger partial charge >= 0.3 is 21.1 Å². The number of halogens is 2. The average Bonchev–Trinajstić information content (AvgIpc) is 2.39. The molecule has 1 aliphatic rings. The Bertz CT molecular complexity index is 225. The maximum atomic E-state index is 11.5. The summed E-state index contributed by atoms with van der Waals surface area (Å²) in [7, 11) is 1.87. The van der Waals surface area contributed by atoms with Crippen molar-refractivity contribution in [2.45, 2.75) is 6.92 Å². The molecule has 1 rings (SSSR count). The second-order valence-electron chi connectivity index (χ2n) is 2.63. The number of likely N-dealkylation sites (N-methyl/N-ethyl adjacent to an activating group) is 1. The van der Waals surface area contributed by atoms with Crippen LogP contribution in [0.3, 0.4) is 0 Å². The van der Waals surface area contributed by atoms with Crippen LogP contribution in [0.25, 0.3) is 0 Å². The molecule has 0 aromatic heterocycles. The lowest BCUT2D eigenvalue weighted by molar-refractivity contribution is -0.459. The third-order valence-electron chi connectivity index (χ3n) is 1.89. The number of rotatable bonds is 4. The Kier molecular flexibility index (Phi) is 3.99. The van der Waals surface area contributed by atoms with Crippen molar-refractivity contribution >= 4 is 27.0 Å². The lowest BCUT2D eigenvalue weighted by atomic mass is 10.5. The van der Waals surface area contributed by atoms with E-state index in [4.69, 9.17) is 0 Å². The molecule has 0 aromatic rings. The Labute approximate surface area is 88.3 Å². The Morgan fingerprint density at radius 1 is 1.54 bits per heavy atom. The fourth-order valence-corrected chi connectivity index (χ4v) is 1.81. The van der Waals surface area contributed by atoms with Crippen molar-refractivity contribution in [3.63, 3.8) is 0 Å². The van der Waals surface area contributed by atoms with Gasteiger partial charge in [0.2, 0.25) is 21.1 Å². The third kappa shape index (κ3) is 2.34. The molecule has 6 heteroatoms. The van der Waals surface area contributed by atoms with E-state index in [1.807, 2.05) is 16.2 Å². The van der Waals surface area contributed by atoms with Crippen molar-refractivity contribution in [3.8, 4) is 0 Å². The Morgan fingerprint density at radius 2 is 2.23 bits per heavy atom. The molecular formula is C7H11BrClN2O2+. The summed E-state index contributed by atoms with van der Waals surface area (Å²) < 4.78 is 0. The predicted octanol–water partition coefficient (Wildman–Crippen LogP) is 0.665. The number of imide groups is 1. The summed E-state index contributed by atoms with van der Waals surface area (Å²) in [6.45, 7) is 3.16. The van der Waals surface area contributed by atoms with E-state index in [-0.39, 0.29) is 18.5 Å². The van der Waals surface area contributed by atoms with Gasteiger partial charge in [-0.1, -0.05) is 0 Å². The summed E-state index contributed by atoms with van der Waals surface area (Å²) in [6, 6.07) is -0.167. The summed E-state index contributed by atoms with van der Waals surface area (Å²) in [5.74, 6) is 0.577. The van der Waals surface area contributed by atoms with Gasteiger partial charge in [0.25, 0.3) is 0 Å². The zero-order chi connectivity index (χ0) is 9.84. The van der Waals surface area contributed by atoms with Gasteiger partial charge < -0.3 is 4.90 Å². The summed E-state index contributed by atoms with van der Waals surface area (Å²) in [4.78, 5) is 25.6. The summed E-state index contributed by atoms with van der Waals surface area (Å²) >= 11 is 3.13. The van der Waals surface area contributed by atoms with Crippen LogP contribution in [0.2, 0.25) is 0 Å². The molecule has 13 heavy (non-hydrogen) atoms. The minimum Gasteiger partial charge on any atom is -0.315 e. The van der Waals surface area contributed by atoms with Crippen LogP contribution in [0.4, 0.5) is 4.79 Å². The SMILES string of the molecule is CCN1CC(=O)N(CC[Cl+]Br)C1=O. The fourth-order valence-electron chi connectivity index (χ4n) is 1.18. The first-order chi connectivity index (χ1) is 6.20. The topological polar surface area (TPSA) is 40.6 Å². The van der Waals surface area contributed by atoms with Gasteiger partial charge in [0.1, 0.15) is 6.54 Å². The first-order valence-electron chi connectivity index (χ1n) is 4.00. The molecule has 74 valence electrons. The second kappa shape index (κ2) is 4.81. The van der Waals surface area contributed by atoms with E-state index in [1.54, 1.807) is 0 Å². The van der Waals surface area contributed by atoms with E-state index < -0.39 is 0 Å². The summed E-state index contributed by atoms with van der Waals surface area (Å²) in [5.41, 5.74) is 0. The largest absolute Gasteiger partial charge is 0.330 e. The van der Waals surface area contributed by atoms with Crippen LogP contribution in [0.5, 0.6) is 0 Å². The zero-order valence-electron chi connectivity index (χ0n) is 7.30. The van der Waals surface area contributed by atoms with Crippen molar-refractivity contribution in [1.82, 2.24) is 9.80 Å². The predicted molar refractivity (Wildman–Crippen MR) is 48.2 cm³/mol. The lowest BCUT2D eigenvalue weighted by Crippen LogP contribution is -2.34. The van der Waals surface area contributed by atoms with Crippen LogP contribution in [0, 0.1) is 9.31 Å². The van der Waals surface area contributed by atoms with Crippen LogP contribution in [-0.4, -0.2) is 47.3 Å². The number of nitrogens with zero attached hydrogens (tertiary/aromatic N) is 2. The van der Waals surface area contributed by atoms with Crippen molar-refractivity contribution < 1.29 is 18.9 Å². The van der Waals surface area contributed by atoms with Crippen molar-refractivity contribution in [3.05, 3.63) is 0 Å². The van der Waals surface area contributed by atoms with Gasteiger partial charge in [-0.15, -0.1) is 0 Å². The monoisotopic (exact) mass is 269 g/mol. The Hall–Kier alpha value is -0.290.